The summed E-state index contributed by atoms with van der Waals surface area (Å²) in [6.07, 6.45) is 3.37. The van der Waals surface area contributed by atoms with E-state index < -0.39 is 0 Å². The van der Waals surface area contributed by atoms with E-state index in [1.54, 1.807) is 11.3 Å². The molecule has 2 rings (SSSR count). The Labute approximate surface area is 110 Å². The van der Waals surface area contributed by atoms with Crippen LogP contribution in [0.4, 0.5) is 4.79 Å². The zero-order valence-electron chi connectivity index (χ0n) is 10.0. The van der Waals surface area contributed by atoms with Crippen molar-refractivity contribution in [3.63, 3.8) is 0 Å². The minimum Gasteiger partial charge on any atom is -0.384 e. The SMILES string of the molecule is O=C(NCc1sccc1C#CCO)NC1CCC1. The molecule has 0 aromatic carbocycles. The highest BCUT2D eigenvalue weighted by Gasteiger charge is 2.19. The summed E-state index contributed by atoms with van der Waals surface area (Å²) in [5.41, 5.74) is 0.873. The van der Waals surface area contributed by atoms with Crippen molar-refractivity contribution in [1.29, 1.82) is 0 Å². The topological polar surface area (TPSA) is 61.4 Å². The maximum absolute atomic E-state index is 11.6. The standard InChI is InChI=1S/C13H16N2O2S/c16-7-2-3-10-6-8-18-12(10)9-14-13(17)15-11-4-1-5-11/h6,8,11,16H,1,4-5,7,9H2,(H2,14,15,17). The van der Waals surface area contributed by atoms with E-state index in [1.807, 2.05) is 11.4 Å². The first-order valence-electron chi connectivity index (χ1n) is 6.00. The van der Waals surface area contributed by atoms with Crippen molar-refractivity contribution < 1.29 is 9.90 Å². The summed E-state index contributed by atoms with van der Waals surface area (Å²) in [5, 5.41) is 16.3. The van der Waals surface area contributed by atoms with Crippen LogP contribution in [-0.2, 0) is 6.54 Å². The number of amides is 2. The predicted octanol–water partition coefficient (Wildman–Crippen LogP) is 1.44. The molecule has 0 aliphatic heterocycles. The van der Waals surface area contributed by atoms with Gasteiger partial charge in [-0.25, -0.2) is 4.79 Å². The first-order valence-corrected chi connectivity index (χ1v) is 6.88. The van der Waals surface area contributed by atoms with Gasteiger partial charge in [0.05, 0.1) is 6.54 Å². The normalized spacial score (nSPS) is 14.3. The highest BCUT2D eigenvalue weighted by Crippen LogP contribution is 2.18. The van der Waals surface area contributed by atoms with Gasteiger partial charge in [0.15, 0.2) is 0 Å². The van der Waals surface area contributed by atoms with Crippen LogP contribution >= 0.6 is 11.3 Å². The second-order valence-corrected chi connectivity index (χ2v) is 5.17. The Balaban J connectivity index is 1.81. The lowest BCUT2D eigenvalue weighted by Gasteiger charge is -2.26. The number of urea groups is 1. The number of hydrogen-bond acceptors (Lipinski definition) is 3. The number of nitrogens with one attached hydrogen (secondary N) is 2. The average Bonchev–Trinajstić information content (AvgIpc) is 2.76. The van der Waals surface area contributed by atoms with Gasteiger partial charge in [-0.15, -0.1) is 11.3 Å². The summed E-state index contributed by atoms with van der Waals surface area (Å²) in [4.78, 5) is 12.6. The molecule has 0 bridgehead atoms. The fraction of sp³-hybridized carbons (Fsp3) is 0.462. The Morgan fingerprint density at radius 2 is 2.39 bits per heavy atom. The molecule has 1 fully saturated rings. The number of aliphatic hydroxyl groups is 1. The summed E-state index contributed by atoms with van der Waals surface area (Å²) in [7, 11) is 0. The maximum Gasteiger partial charge on any atom is 0.315 e. The molecule has 18 heavy (non-hydrogen) atoms. The number of aliphatic hydroxyl groups excluding tert-OH is 1. The van der Waals surface area contributed by atoms with Gasteiger partial charge in [-0.2, -0.15) is 0 Å². The maximum atomic E-state index is 11.6. The number of carbonyl (C=O) groups excluding carboxylic acids is 1. The molecule has 4 nitrogen and oxygen atoms in total. The van der Waals surface area contributed by atoms with Gasteiger partial charge >= 0.3 is 6.03 Å². The molecule has 0 unspecified atom stereocenters. The molecular weight excluding hydrogens is 248 g/mol. The van der Waals surface area contributed by atoms with E-state index in [2.05, 4.69) is 22.5 Å². The van der Waals surface area contributed by atoms with Crippen molar-refractivity contribution in [2.45, 2.75) is 31.8 Å². The minimum absolute atomic E-state index is 0.117. The summed E-state index contributed by atoms with van der Waals surface area (Å²) >= 11 is 1.55. The van der Waals surface area contributed by atoms with E-state index in [4.69, 9.17) is 5.11 Å². The molecule has 3 N–H and O–H groups in total. The van der Waals surface area contributed by atoms with E-state index in [-0.39, 0.29) is 12.6 Å². The number of thiophene rings is 1. The minimum atomic E-state index is -0.148. The van der Waals surface area contributed by atoms with Gasteiger partial charge in [0.1, 0.15) is 6.61 Å². The third-order valence-corrected chi connectivity index (χ3v) is 3.82. The summed E-state index contributed by atoms with van der Waals surface area (Å²) in [6.45, 7) is 0.330. The lowest BCUT2D eigenvalue weighted by Crippen LogP contribution is -2.44. The van der Waals surface area contributed by atoms with Gasteiger partial charge in [0, 0.05) is 16.5 Å². The quantitative estimate of drug-likeness (QED) is 0.724. The zero-order valence-corrected chi connectivity index (χ0v) is 10.8. The van der Waals surface area contributed by atoms with Crippen LogP contribution in [0.2, 0.25) is 0 Å². The summed E-state index contributed by atoms with van der Waals surface area (Å²) in [6, 6.07) is 2.13. The van der Waals surface area contributed by atoms with Gasteiger partial charge in [0.25, 0.3) is 0 Å². The van der Waals surface area contributed by atoms with Crippen LogP contribution in [0.15, 0.2) is 11.4 Å². The average molecular weight is 264 g/mol. The Bertz CT molecular complexity index is 469. The second kappa shape index (κ2) is 6.43. The smallest absolute Gasteiger partial charge is 0.315 e. The monoisotopic (exact) mass is 264 g/mol. The van der Waals surface area contributed by atoms with Crippen molar-refractivity contribution in [1.82, 2.24) is 10.6 Å². The molecule has 1 saturated carbocycles. The van der Waals surface area contributed by atoms with Crippen molar-refractivity contribution in [3.8, 4) is 11.8 Å². The Kier molecular flexibility index (Phi) is 4.62. The van der Waals surface area contributed by atoms with E-state index >= 15 is 0 Å². The Hall–Kier alpha value is -1.51. The van der Waals surface area contributed by atoms with Crippen LogP contribution in [0.3, 0.4) is 0 Å². The van der Waals surface area contributed by atoms with Crippen LogP contribution in [0, 0.1) is 11.8 Å². The summed E-state index contributed by atoms with van der Waals surface area (Å²) < 4.78 is 0. The molecule has 96 valence electrons. The molecule has 0 saturated heterocycles. The fourth-order valence-corrected chi connectivity index (χ4v) is 2.44. The van der Waals surface area contributed by atoms with Gasteiger partial charge < -0.3 is 15.7 Å². The molecule has 2 amide bonds. The number of carbonyl (C=O) groups is 1. The van der Waals surface area contributed by atoms with E-state index in [9.17, 15) is 4.79 Å². The molecule has 0 atom stereocenters. The van der Waals surface area contributed by atoms with Gasteiger partial charge in [-0.3, -0.25) is 0 Å². The third kappa shape index (κ3) is 3.49. The van der Waals surface area contributed by atoms with E-state index in [1.165, 1.54) is 6.42 Å². The zero-order chi connectivity index (χ0) is 12.8. The van der Waals surface area contributed by atoms with E-state index in [0.29, 0.717) is 12.6 Å². The van der Waals surface area contributed by atoms with Crippen LogP contribution in [0.5, 0.6) is 0 Å². The molecule has 1 aliphatic rings. The van der Waals surface area contributed by atoms with Gasteiger partial charge in [0.2, 0.25) is 0 Å². The first kappa shape index (κ1) is 12.9. The van der Waals surface area contributed by atoms with Gasteiger partial charge in [-0.1, -0.05) is 11.8 Å². The van der Waals surface area contributed by atoms with Crippen LogP contribution in [-0.4, -0.2) is 23.8 Å². The highest BCUT2D eigenvalue weighted by molar-refractivity contribution is 7.10. The molecule has 0 radical (unpaired) electrons. The highest BCUT2D eigenvalue weighted by atomic mass is 32.1. The molecule has 1 aromatic heterocycles. The van der Waals surface area contributed by atoms with E-state index in [0.717, 1.165) is 23.3 Å². The predicted molar refractivity (Wildman–Crippen MR) is 71.3 cm³/mol. The lowest BCUT2D eigenvalue weighted by atomic mass is 9.93. The fourth-order valence-electron chi connectivity index (χ4n) is 1.67. The van der Waals surface area contributed by atoms with Crippen molar-refractivity contribution in [2.24, 2.45) is 0 Å². The second-order valence-electron chi connectivity index (χ2n) is 4.17. The van der Waals surface area contributed by atoms with Crippen molar-refractivity contribution in [3.05, 3.63) is 21.9 Å². The third-order valence-electron chi connectivity index (χ3n) is 2.90. The molecule has 5 heteroatoms. The van der Waals surface area contributed by atoms with Gasteiger partial charge in [-0.05, 0) is 30.7 Å². The first-order chi connectivity index (χ1) is 8.79. The largest absolute Gasteiger partial charge is 0.384 e. The summed E-state index contributed by atoms with van der Waals surface area (Å²) in [5.74, 6) is 5.48. The molecule has 1 heterocycles. The molecular formula is C13H16N2O2S. The van der Waals surface area contributed by atoms with Crippen molar-refractivity contribution >= 4 is 17.4 Å². The van der Waals surface area contributed by atoms with Crippen LogP contribution in [0.1, 0.15) is 29.7 Å². The number of rotatable bonds is 3. The number of hydrogen-bond donors (Lipinski definition) is 3. The lowest BCUT2D eigenvalue weighted by molar-refractivity contribution is 0.228. The molecule has 0 spiro atoms. The van der Waals surface area contributed by atoms with Crippen molar-refractivity contribution in [2.75, 3.05) is 6.61 Å². The van der Waals surface area contributed by atoms with Crippen LogP contribution < -0.4 is 10.6 Å². The Morgan fingerprint density at radius 1 is 1.56 bits per heavy atom. The van der Waals surface area contributed by atoms with Crippen LogP contribution in [0.25, 0.3) is 0 Å². The molecule has 1 aliphatic carbocycles. The Morgan fingerprint density at radius 3 is 3.06 bits per heavy atom. The molecule has 1 aromatic rings.